The van der Waals surface area contributed by atoms with Gasteiger partial charge in [0.15, 0.2) is 0 Å². The highest BCUT2D eigenvalue weighted by Gasteiger charge is 2.37. The quantitative estimate of drug-likeness (QED) is 0.820. The maximum atomic E-state index is 11.8. The number of methoxy groups -OCH3 is 1. The molecule has 5 nitrogen and oxygen atoms in total. The SMILES string of the molecule is CCOc1ccccc1C(c1cccc(OC)c1)N1CCCC1C(=O)O. The first-order chi connectivity index (χ1) is 12.7. The van der Waals surface area contributed by atoms with Crippen LogP contribution in [0.2, 0.25) is 0 Å². The lowest BCUT2D eigenvalue weighted by molar-refractivity contribution is -0.142. The van der Waals surface area contributed by atoms with E-state index in [1.165, 1.54) is 0 Å². The number of aliphatic carboxylic acids is 1. The predicted octanol–water partition coefficient (Wildman–Crippen LogP) is 3.73. The lowest BCUT2D eigenvalue weighted by atomic mass is 9.95. The molecule has 5 heteroatoms. The summed E-state index contributed by atoms with van der Waals surface area (Å²) in [5, 5.41) is 9.70. The maximum Gasteiger partial charge on any atom is 0.320 e. The minimum absolute atomic E-state index is 0.198. The molecule has 1 aliphatic heterocycles. The molecule has 2 atom stereocenters. The summed E-state index contributed by atoms with van der Waals surface area (Å²) in [6, 6.07) is 15.0. The van der Waals surface area contributed by atoms with Crippen molar-refractivity contribution in [1.29, 1.82) is 0 Å². The fourth-order valence-corrected chi connectivity index (χ4v) is 3.72. The topological polar surface area (TPSA) is 59.0 Å². The van der Waals surface area contributed by atoms with Crippen LogP contribution in [0.25, 0.3) is 0 Å². The Morgan fingerprint density at radius 3 is 2.81 bits per heavy atom. The highest BCUT2D eigenvalue weighted by molar-refractivity contribution is 5.74. The van der Waals surface area contributed by atoms with Crippen LogP contribution in [0.3, 0.4) is 0 Å². The number of hydrogen-bond acceptors (Lipinski definition) is 4. The summed E-state index contributed by atoms with van der Waals surface area (Å²) in [7, 11) is 1.64. The van der Waals surface area contributed by atoms with Crippen molar-refractivity contribution in [1.82, 2.24) is 4.90 Å². The highest BCUT2D eigenvalue weighted by Crippen LogP contribution is 2.39. The lowest BCUT2D eigenvalue weighted by Gasteiger charge is -2.33. The Balaban J connectivity index is 2.12. The summed E-state index contributed by atoms with van der Waals surface area (Å²) in [6.07, 6.45) is 1.53. The predicted molar refractivity (Wildman–Crippen MR) is 99.8 cm³/mol. The van der Waals surface area contributed by atoms with Crippen LogP contribution in [0.1, 0.15) is 36.9 Å². The van der Waals surface area contributed by atoms with Crippen molar-refractivity contribution in [2.75, 3.05) is 20.3 Å². The molecule has 0 saturated carbocycles. The fraction of sp³-hybridized carbons (Fsp3) is 0.381. The van der Waals surface area contributed by atoms with Gasteiger partial charge in [0, 0.05) is 12.1 Å². The Bertz CT molecular complexity index is 761. The molecule has 1 N–H and O–H groups in total. The molecule has 0 aromatic heterocycles. The third kappa shape index (κ3) is 3.68. The Hall–Kier alpha value is -2.53. The van der Waals surface area contributed by atoms with Gasteiger partial charge in [0.2, 0.25) is 0 Å². The number of carboxylic acid groups (broad SMARTS) is 1. The number of hydrogen-bond donors (Lipinski definition) is 1. The van der Waals surface area contributed by atoms with Crippen LogP contribution in [0.15, 0.2) is 48.5 Å². The zero-order chi connectivity index (χ0) is 18.5. The van der Waals surface area contributed by atoms with Crippen molar-refractivity contribution >= 4 is 5.97 Å². The molecule has 1 saturated heterocycles. The minimum Gasteiger partial charge on any atom is -0.497 e. The van der Waals surface area contributed by atoms with Gasteiger partial charge >= 0.3 is 5.97 Å². The van der Waals surface area contributed by atoms with Crippen LogP contribution in [0, 0.1) is 0 Å². The average molecular weight is 355 g/mol. The van der Waals surface area contributed by atoms with Gasteiger partial charge < -0.3 is 14.6 Å². The number of rotatable bonds is 7. The van der Waals surface area contributed by atoms with Crippen molar-refractivity contribution in [3.8, 4) is 11.5 Å². The molecular formula is C21H25NO4. The number of ether oxygens (including phenoxy) is 2. The second kappa shape index (κ2) is 8.23. The van der Waals surface area contributed by atoms with E-state index in [-0.39, 0.29) is 6.04 Å². The van der Waals surface area contributed by atoms with Crippen molar-refractivity contribution in [3.63, 3.8) is 0 Å². The molecule has 1 aliphatic rings. The van der Waals surface area contributed by atoms with Crippen molar-refractivity contribution in [2.45, 2.75) is 31.8 Å². The number of likely N-dealkylation sites (tertiary alicyclic amines) is 1. The molecule has 3 rings (SSSR count). The van der Waals surface area contributed by atoms with Gasteiger partial charge in [-0.25, -0.2) is 0 Å². The van der Waals surface area contributed by atoms with Crippen molar-refractivity contribution in [3.05, 3.63) is 59.7 Å². The second-order valence-electron chi connectivity index (χ2n) is 6.38. The summed E-state index contributed by atoms with van der Waals surface area (Å²) < 4.78 is 11.2. The molecule has 0 amide bonds. The summed E-state index contributed by atoms with van der Waals surface area (Å²) in [4.78, 5) is 13.9. The minimum atomic E-state index is -0.774. The van der Waals surface area contributed by atoms with Gasteiger partial charge in [-0.2, -0.15) is 0 Å². The summed E-state index contributed by atoms with van der Waals surface area (Å²) >= 11 is 0. The zero-order valence-electron chi connectivity index (χ0n) is 15.2. The third-order valence-corrected chi connectivity index (χ3v) is 4.83. The van der Waals surface area contributed by atoms with Gasteiger partial charge in [0.25, 0.3) is 0 Å². The lowest BCUT2D eigenvalue weighted by Crippen LogP contribution is -2.39. The zero-order valence-corrected chi connectivity index (χ0v) is 15.2. The van der Waals surface area contributed by atoms with Crippen LogP contribution >= 0.6 is 0 Å². The molecule has 2 aromatic carbocycles. The van der Waals surface area contributed by atoms with Crippen molar-refractivity contribution in [2.24, 2.45) is 0 Å². The van der Waals surface area contributed by atoms with Gasteiger partial charge in [-0.3, -0.25) is 9.69 Å². The van der Waals surface area contributed by atoms with Gasteiger partial charge in [0.05, 0.1) is 19.8 Å². The van der Waals surface area contributed by atoms with E-state index in [9.17, 15) is 9.90 Å². The molecular weight excluding hydrogens is 330 g/mol. The molecule has 0 spiro atoms. The van der Waals surface area contributed by atoms with E-state index in [1.807, 2.05) is 55.5 Å². The largest absolute Gasteiger partial charge is 0.497 e. The Kier molecular flexibility index (Phi) is 5.78. The molecule has 1 heterocycles. The number of para-hydroxylation sites is 1. The third-order valence-electron chi connectivity index (χ3n) is 4.83. The van der Waals surface area contributed by atoms with E-state index >= 15 is 0 Å². The number of benzene rings is 2. The normalized spacial score (nSPS) is 18.5. The van der Waals surface area contributed by atoms with Crippen LogP contribution < -0.4 is 9.47 Å². The maximum absolute atomic E-state index is 11.8. The molecule has 0 radical (unpaired) electrons. The molecule has 0 aliphatic carbocycles. The molecule has 26 heavy (non-hydrogen) atoms. The highest BCUT2D eigenvalue weighted by atomic mass is 16.5. The van der Waals surface area contributed by atoms with E-state index in [2.05, 4.69) is 4.90 Å². The summed E-state index contributed by atoms with van der Waals surface area (Å²) in [5.74, 6) is 0.774. The monoisotopic (exact) mass is 355 g/mol. The first-order valence-electron chi connectivity index (χ1n) is 9.00. The number of nitrogens with zero attached hydrogens (tertiary/aromatic N) is 1. The van der Waals surface area contributed by atoms with E-state index in [4.69, 9.17) is 9.47 Å². The Morgan fingerprint density at radius 2 is 2.08 bits per heavy atom. The standard InChI is InChI=1S/C21H25NO4/c1-3-26-19-12-5-4-10-17(19)20(15-8-6-9-16(14-15)25-2)22-13-7-11-18(22)21(23)24/h4-6,8-10,12,14,18,20H,3,7,11,13H2,1-2H3,(H,23,24). The number of carboxylic acids is 1. The van der Waals surface area contributed by atoms with E-state index in [0.717, 1.165) is 35.6 Å². The molecule has 2 aromatic rings. The van der Waals surface area contributed by atoms with Crippen LogP contribution in [0.4, 0.5) is 0 Å². The smallest absolute Gasteiger partial charge is 0.320 e. The van der Waals surface area contributed by atoms with Crippen LogP contribution in [-0.2, 0) is 4.79 Å². The van der Waals surface area contributed by atoms with Crippen molar-refractivity contribution < 1.29 is 19.4 Å². The summed E-state index contributed by atoms with van der Waals surface area (Å²) in [5.41, 5.74) is 1.99. The Labute approximate surface area is 154 Å². The first-order valence-corrected chi connectivity index (χ1v) is 9.00. The van der Waals surface area contributed by atoms with E-state index < -0.39 is 12.0 Å². The molecule has 2 unspecified atom stereocenters. The molecule has 138 valence electrons. The second-order valence-corrected chi connectivity index (χ2v) is 6.38. The first kappa shape index (κ1) is 18.3. The molecule has 0 bridgehead atoms. The molecule has 1 fully saturated rings. The Morgan fingerprint density at radius 1 is 1.27 bits per heavy atom. The van der Waals surface area contributed by atoms with Gasteiger partial charge in [-0.1, -0.05) is 30.3 Å². The van der Waals surface area contributed by atoms with E-state index in [0.29, 0.717) is 13.0 Å². The fourth-order valence-electron chi connectivity index (χ4n) is 3.72. The van der Waals surface area contributed by atoms with Gasteiger partial charge in [0.1, 0.15) is 17.5 Å². The van der Waals surface area contributed by atoms with Crippen LogP contribution in [0.5, 0.6) is 11.5 Å². The van der Waals surface area contributed by atoms with E-state index in [1.54, 1.807) is 7.11 Å². The summed E-state index contributed by atoms with van der Waals surface area (Å²) in [6.45, 7) is 3.25. The van der Waals surface area contributed by atoms with Crippen LogP contribution in [-0.4, -0.2) is 42.3 Å². The number of carbonyl (C=O) groups is 1. The van der Waals surface area contributed by atoms with Gasteiger partial charge in [-0.15, -0.1) is 0 Å². The average Bonchev–Trinajstić information content (AvgIpc) is 3.13. The van der Waals surface area contributed by atoms with Gasteiger partial charge in [-0.05, 0) is 43.5 Å².